The molecule has 4 heteroatoms. The van der Waals surface area contributed by atoms with E-state index in [0.717, 1.165) is 39.6 Å². The summed E-state index contributed by atoms with van der Waals surface area (Å²) >= 11 is 0. The molecule has 0 N–H and O–H groups in total. The molecule has 4 nitrogen and oxygen atoms in total. The predicted octanol–water partition coefficient (Wildman–Crippen LogP) is 8.90. The predicted molar refractivity (Wildman–Crippen MR) is 164 cm³/mol. The number of nitrogens with zero attached hydrogens (tertiary/aromatic N) is 4. The minimum absolute atomic E-state index is 0.535. The molecule has 2 aliphatic rings. The van der Waals surface area contributed by atoms with Gasteiger partial charge in [-0.2, -0.15) is 5.26 Å². The first-order chi connectivity index (χ1) is 20.3. The molecule has 0 saturated heterocycles. The Morgan fingerprint density at radius 3 is 1.41 bits per heavy atom. The Labute approximate surface area is 239 Å². The van der Waals surface area contributed by atoms with Gasteiger partial charge in [-0.05, 0) is 70.8 Å². The summed E-state index contributed by atoms with van der Waals surface area (Å²) in [6.45, 7) is 0. The maximum absolute atomic E-state index is 10.1. The van der Waals surface area contributed by atoms with Crippen molar-refractivity contribution < 1.29 is 0 Å². The average molecular weight is 525 g/mol. The number of nitriles is 1. The fraction of sp³-hybridized carbons (Fsp3) is 0.0270. The van der Waals surface area contributed by atoms with E-state index in [9.17, 15) is 5.26 Å². The molecule has 0 fully saturated rings. The first kappa shape index (κ1) is 23.2. The van der Waals surface area contributed by atoms with Crippen LogP contribution >= 0.6 is 0 Å². The van der Waals surface area contributed by atoms with Crippen molar-refractivity contribution in [3.63, 3.8) is 0 Å². The van der Waals surface area contributed by atoms with Crippen LogP contribution in [0.1, 0.15) is 27.8 Å². The minimum Gasteiger partial charge on any atom is -0.310 e. The van der Waals surface area contributed by atoms with Gasteiger partial charge in [-0.3, -0.25) is 4.90 Å². The third kappa shape index (κ3) is 3.12. The number of fused-ring (bicyclic) bond motifs is 8. The molecular formula is C37H24N4. The highest BCUT2D eigenvalue weighted by Gasteiger charge is 2.51. The van der Waals surface area contributed by atoms with E-state index in [2.05, 4.69) is 143 Å². The molecule has 0 atom stereocenters. The van der Waals surface area contributed by atoms with Crippen LogP contribution in [-0.2, 0) is 5.41 Å². The van der Waals surface area contributed by atoms with Crippen LogP contribution < -0.4 is 9.80 Å². The standard InChI is InChI=1S/C37H24N4/c38-25-26-13-12-24-39-36(26)41-34-22-10-6-18-30(34)37(31-19-7-11-23-35(31)41)28-16-4-8-20-32(28)40(27-14-2-1-3-15-27)33-21-9-5-17-29(33)37/h1-24H. The minimum atomic E-state index is -0.594. The van der Waals surface area contributed by atoms with E-state index in [4.69, 9.17) is 4.98 Å². The Morgan fingerprint density at radius 2 is 0.927 bits per heavy atom. The number of rotatable bonds is 2. The van der Waals surface area contributed by atoms with Gasteiger partial charge in [0.25, 0.3) is 0 Å². The van der Waals surface area contributed by atoms with E-state index in [1.165, 1.54) is 11.1 Å². The van der Waals surface area contributed by atoms with Gasteiger partial charge < -0.3 is 4.90 Å². The monoisotopic (exact) mass is 524 g/mol. The van der Waals surface area contributed by atoms with Gasteiger partial charge in [0.1, 0.15) is 6.07 Å². The lowest BCUT2D eigenvalue weighted by Crippen LogP contribution is -2.42. The average Bonchev–Trinajstić information content (AvgIpc) is 3.05. The van der Waals surface area contributed by atoms with Gasteiger partial charge in [-0.1, -0.05) is 91.0 Å². The van der Waals surface area contributed by atoms with Gasteiger partial charge in [0.15, 0.2) is 5.82 Å². The van der Waals surface area contributed by atoms with E-state index in [0.29, 0.717) is 11.4 Å². The molecule has 0 saturated carbocycles. The largest absolute Gasteiger partial charge is 0.310 e. The van der Waals surface area contributed by atoms with E-state index in [1.54, 1.807) is 6.20 Å². The summed E-state index contributed by atoms with van der Waals surface area (Å²) in [4.78, 5) is 9.27. The van der Waals surface area contributed by atoms with Crippen molar-refractivity contribution in [1.29, 1.82) is 5.26 Å². The molecule has 0 amide bonds. The molecule has 0 unspecified atom stereocenters. The highest BCUT2D eigenvalue weighted by Crippen LogP contribution is 2.63. The Hall–Kier alpha value is -5.66. The number of hydrogen-bond acceptors (Lipinski definition) is 4. The van der Waals surface area contributed by atoms with Crippen molar-refractivity contribution in [2.24, 2.45) is 0 Å². The molecule has 0 radical (unpaired) electrons. The number of benzene rings is 5. The molecular weight excluding hydrogens is 500 g/mol. The Balaban J connectivity index is 1.53. The van der Waals surface area contributed by atoms with Gasteiger partial charge in [0, 0.05) is 11.9 Å². The highest BCUT2D eigenvalue weighted by atomic mass is 15.2. The first-order valence-electron chi connectivity index (χ1n) is 13.7. The van der Waals surface area contributed by atoms with E-state index >= 15 is 0 Å². The van der Waals surface area contributed by atoms with Crippen molar-refractivity contribution >= 4 is 34.3 Å². The number of pyridine rings is 1. The molecule has 2 aliphatic heterocycles. The third-order valence-corrected chi connectivity index (χ3v) is 8.33. The first-order valence-corrected chi connectivity index (χ1v) is 13.7. The van der Waals surface area contributed by atoms with Crippen molar-refractivity contribution in [2.75, 3.05) is 9.80 Å². The van der Waals surface area contributed by atoms with Crippen LogP contribution in [0.4, 0.5) is 34.3 Å². The summed E-state index contributed by atoms with van der Waals surface area (Å²) < 4.78 is 0. The lowest BCUT2D eigenvalue weighted by molar-refractivity contribution is 0.717. The summed E-state index contributed by atoms with van der Waals surface area (Å²) in [5, 5.41) is 10.1. The highest BCUT2D eigenvalue weighted by molar-refractivity contribution is 5.96. The van der Waals surface area contributed by atoms with Crippen molar-refractivity contribution in [3.8, 4) is 6.07 Å². The van der Waals surface area contributed by atoms with Crippen molar-refractivity contribution in [3.05, 3.63) is 174 Å². The Kier molecular flexibility index (Phi) is 5.07. The molecule has 1 aromatic heterocycles. The third-order valence-electron chi connectivity index (χ3n) is 8.33. The molecule has 0 aliphatic carbocycles. The van der Waals surface area contributed by atoms with Crippen LogP contribution in [0.5, 0.6) is 0 Å². The Morgan fingerprint density at radius 1 is 0.488 bits per heavy atom. The van der Waals surface area contributed by atoms with Crippen LogP contribution in [0.3, 0.4) is 0 Å². The molecule has 0 bridgehead atoms. The lowest BCUT2D eigenvalue weighted by Gasteiger charge is -2.51. The molecule has 41 heavy (non-hydrogen) atoms. The van der Waals surface area contributed by atoms with E-state index < -0.39 is 5.41 Å². The molecule has 1 spiro atoms. The number of hydrogen-bond donors (Lipinski definition) is 0. The fourth-order valence-corrected chi connectivity index (χ4v) is 6.82. The van der Waals surface area contributed by atoms with Gasteiger partial charge in [0.05, 0.1) is 33.7 Å². The van der Waals surface area contributed by atoms with Gasteiger partial charge in [0.2, 0.25) is 0 Å². The Bertz CT molecular complexity index is 1890. The zero-order valence-electron chi connectivity index (χ0n) is 22.1. The zero-order chi connectivity index (χ0) is 27.4. The van der Waals surface area contributed by atoms with E-state index in [-0.39, 0.29) is 0 Å². The molecule has 3 heterocycles. The fourth-order valence-electron chi connectivity index (χ4n) is 6.82. The molecule has 6 aromatic rings. The quantitative estimate of drug-likeness (QED) is 0.226. The van der Waals surface area contributed by atoms with Crippen LogP contribution in [0.15, 0.2) is 146 Å². The maximum atomic E-state index is 10.1. The second-order valence-corrected chi connectivity index (χ2v) is 10.3. The van der Waals surface area contributed by atoms with E-state index in [1.807, 2.05) is 12.1 Å². The van der Waals surface area contributed by atoms with Crippen molar-refractivity contribution in [2.45, 2.75) is 5.41 Å². The number of aromatic nitrogens is 1. The van der Waals surface area contributed by atoms with Crippen LogP contribution in [0, 0.1) is 11.3 Å². The number of anilines is 6. The number of para-hydroxylation sites is 5. The normalized spacial score (nSPS) is 13.9. The topological polar surface area (TPSA) is 43.2 Å². The summed E-state index contributed by atoms with van der Waals surface area (Å²) in [5.41, 5.74) is 10.1. The summed E-state index contributed by atoms with van der Waals surface area (Å²) in [6, 6.07) is 51.3. The molecule has 8 rings (SSSR count). The molecule has 192 valence electrons. The maximum Gasteiger partial charge on any atom is 0.155 e. The smallest absolute Gasteiger partial charge is 0.155 e. The second kappa shape index (κ2) is 8.94. The van der Waals surface area contributed by atoms with Gasteiger partial charge in [-0.15, -0.1) is 0 Å². The van der Waals surface area contributed by atoms with Crippen LogP contribution in [-0.4, -0.2) is 4.98 Å². The second-order valence-electron chi connectivity index (χ2n) is 10.3. The SMILES string of the molecule is N#Cc1cccnc1N1c2ccccc2C2(c3ccccc3N(c3ccccc3)c3ccccc32)c2ccccc21. The van der Waals surface area contributed by atoms with Crippen molar-refractivity contribution in [1.82, 2.24) is 4.98 Å². The van der Waals surface area contributed by atoms with Gasteiger partial charge in [-0.25, -0.2) is 4.98 Å². The van der Waals surface area contributed by atoms with Crippen LogP contribution in [0.2, 0.25) is 0 Å². The molecule has 5 aromatic carbocycles. The van der Waals surface area contributed by atoms with Crippen LogP contribution in [0.25, 0.3) is 0 Å². The van der Waals surface area contributed by atoms with Gasteiger partial charge >= 0.3 is 0 Å². The zero-order valence-corrected chi connectivity index (χ0v) is 22.1. The summed E-state index contributed by atoms with van der Waals surface area (Å²) in [7, 11) is 0. The summed E-state index contributed by atoms with van der Waals surface area (Å²) in [6.07, 6.45) is 1.76. The lowest BCUT2D eigenvalue weighted by atomic mass is 9.60. The summed E-state index contributed by atoms with van der Waals surface area (Å²) in [5.74, 6) is 0.632.